The lowest BCUT2D eigenvalue weighted by molar-refractivity contribution is 0.0694. The van der Waals surface area contributed by atoms with E-state index in [1.165, 1.54) is 6.20 Å². The van der Waals surface area contributed by atoms with Crippen molar-refractivity contribution in [3.05, 3.63) is 40.3 Å². The molecule has 0 aliphatic heterocycles. The molecule has 0 aliphatic rings. The van der Waals surface area contributed by atoms with Crippen LogP contribution in [0.1, 0.15) is 29.4 Å². The largest absolute Gasteiger partial charge is 0.478 e. The molecule has 0 unspecified atom stereocenters. The zero-order chi connectivity index (χ0) is 13.8. The molecule has 0 amide bonds. The molecular weight excluding hydrogens is 310 g/mol. The zero-order valence-corrected chi connectivity index (χ0v) is 11.9. The molecule has 1 N–H and O–H groups in total. The number of aryl methyl sites for hydroxylation is 1. The van der Waals surface area contributed by atoms with Gasteiger partial charge in [0.25, 0.3) is 0 Å². The van der Waals surface area contributed by atoms with E-state index in [9.17, 15) is 4.79 Å². The first-order valence-corrected chi connectivity index (χ1v) is 6.62. The molecule has 6 heteroatoms. The molecule has 2 aromatic rings. The number of pyridine rings is 1. The third-order valence-corrected chi connectivity index (χ3v) is 3.01. The maximum Gasteiger partial charge on any atom is 0.339 e. The lowest BCUT2D eigenvalue weighted by Crippen LogP contribution is -2.07. The fourth-order valence-electron chi connectivity index (χ4n) is 1.65. The minimum Gasteiger partial charge on any atom is -0.478 e. The van der Waals surface area contributed by atoms with Crippen molar-refractivity contribution in [1.29, 1.82) is 0 Å². The number of hydrogen-bond acceptors (Lipinski definition) is 4. The van der Waals surface area contributed by atoms with Crippen molar-refractivity contribution in [3.8, 4) is 11.5 Å². The van der Waals surface area contributed by atoms with E-state index < -0.39 is 5.97 Å². The van der Waals surface area contributed by atoms with Crippen molar-refractivity contribution in [2.75, 3.05) is 0 Å². The third kappa shape index (κ3) is 3.14. The zero-order valence-electron chi connectivity index (χ0n) is 10.3. The fourth-order valence-corrected chi connectivity index (χ4v) is 1.89. The SMILES string of the molecule is CCCc1nc(-c2ccc(Br)cn2)ncc1C(=O)O. The summed E-state index contributed by atoms with van der Waals surface area (Å²) in [5.41, 5.74) is 1.32. The molecule has 0 atom stereocenters. The number of nitrogens with zero attached hydrogens (tertiary/aromatic N) is 3. The first-order valence-electron chi connectivity index (χ1n) is 5.83. The average molecular weight is 322 g/mol. The normalized spacial score (nSPS) is 10.4. The van der Waals surface area contributed by atoms with Crippen molar-refractivity contribution in [3.63, 3.8) is 0 Å². The first-order chi connectivity index (χ1) is 9.11. The van der Waals surface area contributed by atoms with Gasteiger partial charge in [-0.3, -0.25) is 4.98 Å². The van der Waals surface area contributed by atoms with Gasteiger partial charge in [-0.15, -0.1) is 0 Å². The average Bonchev–Trinajstić information content (AvgIpc) is 2.39. The number of aromatic nitrogens is 3. The first kappa shape index (κ1) is 13.6. The second-order valence-corrected chi connectivity index (χ2v) is 4.89. The van der Waals surface area contributed by atoms with Gasteiger partial charge < -0.3 is 5.11 Å². The van der Waals surface area contributed by atoms with Crippen molar-refractivity contribution in [1.82, 2.24) is 15.0 Å². The van der Waals surface area contributed by atoms with Gasteiger partial charge in [0.1, 0.15) is 5.69 Å². The highest BCUT2D eigenvalue weighted by Gasteiger charge is 2.14. The predicted octanol–water partition coefficient (Wildman–Crippen LogP) is 2.95. The van der Waals surface area contributed by atoms with Gasteiger partial charge >= 0.3 is 5.97 Å². The van der Waals surface area contributed by atoms with Crippen LogP contribution in [-0.4, -0.2) is 26.0 Å². The second-order valence-electron chi connectivity index (χ2n) is 3.97. The van der Waals surface area contributed by atoms with Crippen LogP contribution in [0.5, 0.6) is 0 Å². The van der Waals surface area contributed by atoms with Gasteiger partial charge in [-0.05, 0) is 34.5 Å². The second kappa shape index (κ2) is 5.88. The van der Waals surface area contributed by atoms with E-state index >= 15 is 0 Å². The van der Waals surface area contributed by atoms with Crippen molar-refractivity contribution < 1.29 is 9.90 Å². The van der Waals surface area contributed by atoms with Gasteiger partial charge in [0.05, 0.1) is 11.3 Å². The van der Waals surface area contributed by atoms with Crippen LogP contribution < -0.4 is 0 Å². The molecule has 98 valence electrons. The molecule has 0 aromatic carbocycles. The minimum absolute atomic E-state index is 0.155. The lowest BCUT2D eigenvalue weighted by atomic mass is 10.1. The topological polar surface area (TPSA) is 76.0 Å². The smallest absolute Gasteiger partial charge is 0.339 e. The Kier molecular flexibility index (Phi) is 4.21. The van der Waals surface area contributed by atoms with Crippen LogP contribution in [0.2, 0.25) is 0 Å². The molecule has 2 aromatic heterocycles. The quantitative estimate of drug-likeness (QED) is 0.936. The number of carboxylic acid groups (broad SMARTS) is 1. The number of aromatic carboxylic acids is 1. The Morgan fingerprint density at radius 1 is 1.32 bits per heavy atom. The Morgan fingerprint density at radius 3 is 2.68 bits per heavy atom. The summed E-state index contributed by atoms with van der Waals surface area (Å²) in [7, 11) is 0. The highest BCUT2D eigenvalue weighted by Crippen LogP contribution is 2.17. The van der Waals surface area contributed by atoms with Gasteiger partial charge in [0.15, 0.2) is 5.82 Å². The van der Waals surface area contributed by atoms with Crippen LogP contribution >= 0.6 is 15.9 Å². The van der Waals surface area contributed by atoms with Crippen LogP contribution in [0.25, 0.3) is 11.5 Å². The Labute approximate surface area is 118 Å². The maximum absolute atomic E-state index is 11.1. The van der Waals surface area contributed by atoms with Crippen molar-refractivity contribution >= 4 is 21.9 Å². The van der Waals surface area contributed by atoms with Crippen LogP contribution in [0, 0.1) is 0 Å². The van der Waals surface area contributed by atoms with E-state index in [2.05, 4.69) is 30.9 Å². The highest BCUT2D eigenvalue weighted by molar-refractivity contribution is 9.10. The summed E-state index contributed by atoms with van der Waals surface area (Å²) in [6.07, 6.45) is 4.43. The highest BCUT2D eigenvalue weighted by atomic mass is 79.9. The van der Waals surface area contributed by atoms with Gasteiger partial charge in [-0.25, -0.2) is 14.8 Å². The molecule has 0 saturated carbocycles. The van der Waals surface area contributed by atoms with Gasteiger partial charge in [-0.2, -0.15) is 0 Å². The van der Waals surface area contributed by atoms with Gasteiger partial charge in [0.2, 0.25) is 0 Å². The van der Waals surface area contributed by atoms with Crippen molar-refractivity contribution in [2.45, 2.75) is 19.8 Å². The number of carboxylic acids is 1. The Hall–Kier alpha value is -1.82. The maximum atomic E-state index is 11.1. The lowest BCUT2D eigenvalue weighted by Gasteiger charge is -2.06. The van der Waals surface area contributed by atoms with E-state index in [0.29, 0.717) is 23.6 Å². The molecule has 0 spiro atoms. The molecule has 19 heavy (non-hydrogen) atoms. The molecule has 0 saturated heterocycles. The van der Waals surface area contributed by atoms with Crippen LogP contribution in [0.3, 0.4) is 0 Å². The molecule has 2 rings (SSSR count). The standard InChI is InChI=1S/C13H12BrN3O2/c1-2-3-10-9(13(18)19)7-16-12(17-10)11-5-4-8(14)6-15-11/h4-7H,2-3H2,1H3,(H,18,19). The monoisotopic (exact) mass is 321 g/mol. The Bertz CT molecular complexity index is 599. The predicted molar refractivity (Wildman–Crippen MR) is 73.9 cm³/mol. The number of carbonyl (C=O) groups is 1. The molecule has 0 fully saturated rings. The molecule has 0 radical (unpaired) electrons. The van der Waals surface area contributed by atoms with Crippen molar-refractivity contribution in [2.24, 2.45) is 0 Å². The molecule has 0 bridgehead atoms. The van der Waals surface area contributed by atoms with Crippen LogP contribution in [0.4, 0.5) is 0 Å². The summed E-state index contributed by atoms with van der Waals surface area (Å²) in [5.74, 6) is -0.556. The molecule has 0 aliphatic carbocycles. The number of rotatable bonds is 4. The molecule has 2 heterocycles. The summed E-state index contributed by atoms with van der Waals surface area (Å²) in [6.45, 7) is 1.98. The summed E-state index contributed by atoms with van der Waals surface area (Å²) in [4.78, 5) is 23.7. The molecule has 5 nitrogen and oxygen atoms in total. The van der Waals surface area contributed by atoms with E-state index in [-0.39, 0.29) is 5.56 Å². The van der Waals surface area contributed by atoms with E-state index in [1.807, 2.05) is 13.0 Å². The third-order valence-electron chi connectivity index (χ3n) is 2.54. The summed E-state index contributed by atoms with van der Waals surface area (Å²) < 4.78 is 0.868. The summed E-state index contributed by atoms with van der Waals surface area (Å²) in [6, 6.07) is 3.63. The fraction of sp³-hybridized carbons (Fsp3) is 0.231. The number of halogens is 1. The minimum atomic E-state index is -1.00. The Morgan fingerprint density at radius 2 is 2.11 bits per heavy atom. The van der Waals surface area contributed by atoms with E-state index in [4.69, 9.17) is 5.11 Å². The van der Waals surface area contributed by atoms with Crippen LogP contribution in [0.15, 0.2) is 29.0 Å². The number of hydrogen-bond donors (Lipinski definition) is 1. The van der Waals surface area contributed by atoms with Gasteiger partial charge in [-0.1, -0.05) is 13.3 Å². The van der Waals surface area contributed by atoms with Gasteiger partial charge in [0, 0.05) is 16.9 Å². The summed E-state index contributed by atoms with van der Waals surface area (Å²) in [5, 5.41) is 9.09. The van der Waals surface area contributed by atoms with E-state index in [1.54, 1.807) is 12.3 Å². The Balaban J connectivity index is 2.45. The van der Waals surface area contributed by atoms with E-state index in [0.717, 1.165) is 10.9 Å². The van der Waals surface area contributed by atoms with Crippen LogP contribution in [-0.2, 0) is 6.42 Å². The summed E-state index contributed by atoms with van der Waals surface area (Å²) >= 11 is 3.31. The molecular formula is C13H12BrN3O2.